The molecule has 8 aromatic carbocycles. The van der Waals surface area contributed by atoms with Gasteiger partial charge in [-0.25, -0.2) is 15.0 Å². The maximum atomic E-state index is 9.67. The van der Waals surface area contributed by atoms with Gasteiger partial charge in [-0.05, 0) is 47.5 Å². The van der Waals surface area contributed by atoms with Crippen LogP contribution in [0.15, 0.2) is 198 Å². The first-order chi connectivity index (χ1) is 31.1. The molecule has 0 radical (unpaired) electrons. The van der Waals surface area contributed by atoms with Gasteiger partial charge in [0.25, 0.3) is 0 Å². The Bertz CT molecular complexity index is 3590. The number of benzene rings is 8. The van der Waals surface area contributed by atoms with Crippen molar-refractivity contribution in [2.24, 2.45) is 0 Å². The van der Waals surface area contributed by atoms with Crippen LogP contribution in [0.1, 0.15) is 11.0 Å². The summed E-state index contributed by atoms with van der Waals surface area (Å²) < 4.78 is 81.1. The number of nitrogens with zero attached hydrogens (tertiary/aromatic N) is 4. The van der Waals surface area contributed by atoms with E-state index in [1.54, 1.807) is 0 Å². The van der Waals surface area contributed by atoms with Crippen molar-refractivity contribution < 1.29 is 15.4 Å². The summed E-state index contributed by atoms with van der Waals surface area (Å²) in [5, 5.41) is 2.17. The lowest BCUT2D eigenvalue weighted by atomic mass is 9.95. The average molecular weight is 725 g/mol. The SMILES string of the molecule is [2H]c1cc([2H])c(-c2c([2H])cc([2H])c3oc4c(-c5cc(-c6nc(-c7ccccc7)nc(-c7ccccc7)n6)ccc5-n5c6ccccc6c6ccccc65)c([2H])c([2H])c([2H])c4c23)c([2H])c1. The topological polar surface area (TPSA) is 56.7 Å². The second-order valence-corrected chi connectivity index (χ2v) is 13.3. The van der Waals surface area contributed by atoms with Crippen molar-refractivity contribution in [1.82, 2.24) is 19.5 Å². The summed E-state index contributed by atoms with van der Waals surface area (Å²) in [6.07, 6.45) is 0. The van der Waals surface area contributed by atoms with Crippen molar-refractivity contribution in [3.63, 3.8) is 0 Å². The fraction of sp³-hybridized carbons (Fsp3) is 0. The molecule has 5 nitrogen and oxygen atoms in total. The van der Waals surface area contributed by atoms with E-state index in [9.17, 15) is 4.11 Å². The van der Waals surface area contributed by atoms with Gasteiger partial charge in [-0.3, -0.25) is 0 Å². The van der Waals surface area contributed by atoms with Crippen LogP contribution in [0.2, 0.25) is 0 Å². The molecule has 0 spiro atoms. The van der Waals surface area contributed by atoms with Gasteiger partial charge < -0.3 is 8.98 Å². The molecule has 0 aliphatic carbocycles. The highest BCUT2D eigenvalue weighted by Gasteiger charge is 2.22. The maximum Gasteiger partial charge on any atom is 0.164 e. The monoisotopic (exact) mass is 724 g/mol. The third-order valence-corrected chi connectivity index (χ3v) is 10.1. The molecule has 0 N–H and O–H groups in total. The van der Waals surface area contributed by atoms with Crippen LogP contribution in [-0.4, -0.2) is 19.5 Å². The van der Waals surface area contributed by atoms with E-state index in [4.69, 9.17) is 26.2 Å². The highest BCUT2D eigenvalue weighted by molar-refractivity contribution is 6.16. The number of hydrogen-bond acceptors (Lipinski definition) is 4. The molecule has 0 amide bonds. The van der Waals surface area contributed by atoms with Crippen LogP contribution in [0.5, 0.6) is 0 Å². The standard InChI is InChI=1S/C51H32N4O/c1-4-16-33(17-5-1)37-24-15-29-46-47(37)41-26-14-25-40(48(41)56-46)42-32-36(30-31-45(42)55-43-27-12-10-22-38(43)39-23-11-13-28-44(39)55)51-53-49(34-18-6-2-7-19-34)52-50(54-51)35-20-8-3-9-21-35/h1-32H/i1D,14D,16D,17D,24D,25D,26D,29D. The molecule has 0 unspecified atom stereocenters. The highest BCUT2D eigenvalue weighted by atomic mass is 16.3. The minimum Gasteiger partial charge on any atom is -0.455 e. The molecule has 3 heterocycles. The predicted molar refractivity (Wildman–Crippen MR) is 229 cm³/mol. The number of fused-ring (bicyclic) bond motifs is 6. The van der Waals surface area contributed by atoms with E-state index in [1.165, 1.54) is 18.2 Å². The van der Waals surface area contributed by atoms with E-state index in [1.807, 2.05) is 115 Å². The van der Waals surface area contributed by atoms with Gasteiger partial charge in [0, 0.05) is 49.4 Å². The largest absolute Gasteiger partial charge is 0.455 e. The van der Waals surface area contributed by atoms with Crippen molar-refractivity contribution in [2.75, 3.05) is 0 Å². The average Bonchev–Trinajstić information content (AvgIpc) is 3.87. The van der Waals surface area contributed by atoms with Gasteiger partial charge >= 0.3 is 0 Å². The van der Waals surface area contributed by atoms with Crippen molar-refractivity contribution in [1.29, 1.82) is 0 Å². The Morgan fingerprint density at radius 1 is 0.429 bits per heavy atom. The van der Waals surface area contributed by atoms with Crippen LogP contribution in [0.4, 0.5) is 0 Å². The lowest BCUT2D eigenvalue weighted by Gasteiger charge is -2.16. The van der Waals surface area contributed by atoms with E-state index < -0.39 is 6.04 Å². The molecule has 11 rings (SSSR count). The normalized spacial score (nSPS) is 13.6. The van der Waals surface area contributed by atoms with Crippen molar-refractivity contribution >= 4 is 43.7 Å². The second kappa shape index (κ2) is 13.0. The molecule has 0 atom stereocenters. The summed E-state index contributed by atoms with van der Waals surface area (Å²) in [6.45, 7) is 0. The van der Waals surface area contributed by atoms with E-state index in [0.29, 0.717) is 34.3 Å². The third kappa shape index (κ3) is 5.21. The minimum absolute atomic E-state index is 0.0264. The highest BCUT2D eigenvalue weighted by Crippen LogP contribution is 2.44. The number of rotatable bonds is 6. The number of furan rings is 1. The summed E-state index contributed by atoms with van der Waals surface area (Å²) in [6, 6.07) is 42.9. The van der Waals surface area contributed by atoms with E-state index >= 15 is 0 Å². The molecule has 0 saturated carbocycles. The van der Waals surface area contributed by atoms with Crippen LogP contribution in [0.25, 0.3) is 106 Å². The molecule has 0 aliphatic rings. The predicted octanol–water partition coefficient (Wildman–Crippen LogP) is 13.2. The molecular formula is C51H32N4O. The molecule has 0 saturated heterocycles. The minimum atomic E-state index is -0.423. The summed E-state index contributed by atoms with van der Waals surface area (Å²) in [4.78, 5) is 14.9. The number of para-hydroxylation sites is 3. The Morgan fingerprint density at radius 2 is 1.04 bits per heavy atom. The van der Waals surface area contributed by atoms with E-state index in [-0.39, 0.29) is 80.9 Å². The first-order valence-corrected chi connectivity index (χ1v) is 18.1. The first-order valence-electron chi connectivity index (χ1n) is 22.1. The van der Waals surface area contributed by atoms with Crippen molar-refractivity contribution in [3.05, 3.63) is 194 Å². The van der Waals surface area contributed by atoms with Crippen molar-refractivity contribution in [3.8, 4) is 62.1 Å². The molecule has 0 fully saturated rings. The maximum absolute atomic E-state index is 9.67. The van der Waals surface area contributed by atoms with Gasteiger partial charge in [-0.1, -0.05) is 158 Å². The molecule has 262 valence electrons. The van der Waals surface area contributed by atoms with Crippen LogP contribution >= 0.6 is 0 Å². The van der Waals surface area contributed by atoms with Crippen LogP contribution < -0.4 is 0 Å². The summed E-state index contributed by atoms with van der Waals surface area (Å²) in [5.74, 6) is 1.25. The van der Waals surface area contributed by atoms with Crippen LogP contribution in [-0.2, 0) is 0 Å². The third-order valence-electron chi connectivity index (χ3n) is 10.1. The summed E-state index contributed by atoms with van der Waals surface area (Å²) in [7, 11) is 0. The quantitative estimate of drug-likeness (QED) is 0.171. The fourth-order valence-electron chi connectivity index (χ4n) is 7.56. The van der Waals surface area contributed by atoms with Gasteiger partial charge in [-0.2, -0.15) is 0 Å². The number of aromatic nitrogens is 4. The summed E-state index contributed by atoms with van der Waals surface area (Å²) >= 11 is 0. The molecule has 0 aliphatic heterocycles. The molecular weight excluding hydrogens is 685 g/mol. The van der Waals surface area contributed by atoms with Crippen LogP contribution in [0.3, 0.4) is 0 Å². The molecule has 11 aromatic rings. The Balaban J connectivity index is 1.28. The zero-order chi connectivity index (χ0) is 44.0. The van der Waals surface area contributed by atoms with Gasteiger partial charge in [0.2, 0.25) is 0 Å². The Morgan fingerprint density at radius 3 is 1.70 bits per heavy atom. The second-order valence-electron chi connectivity index (χ2n) is 13.3. The van der Waals surface area contributed by atoms with E-state index in [0.717, 1.165) is 32.9 Å². The van der Waals surface area contributed by atoms with Gasteiger partial charge in [0.1, 0.15) is 11.2 Å². The fourth-order valence-corrected chi connectivity index (χ4v) is 7.56. The summed E-state index contributed by atoms with van der Waals surface area (Å²) in [5.41, 5.74) is 5.20. The lowest BCUT2D eigenvalue weighted by Crippen LogP contribution is -2.02. The van der Waals surface area contributed by atoms with E-state index in [2.05, 4.69) is 16.7 Å². The smallest absolute Gasteiger partial charge is 0.164 e. The molecule has 0 bridgehead atoms. The van der Waals surface area contributed by atoms with Crippen LogP contribution in [0, 0.1) is 0 Å². The number of hydrogen-bond donors (Lipinski definition) is 0. The molecule has 5 heteroatoms. The Labute approximate surface area is 334 Å². The zero-order valence-electron chi connectivity index (χ0n) is 37.6. The van der Waals surface area contributed by atoms with Gasteiger partial charge in [0.15, 0.2) is 17.5 Å². The van der Waals surface area contributed by atoms with Gasteiger partial charge in [0.05, 0.1) is 27.7 Å². The lowest BCUT2D eigenvalue weighted by molar-refractivity contribution is 0.670. The zero-order valence-corrected chi connectivity index (χ0v) is 29.6. The Hall–Kier alpha value is -7.63. The molecule has 3 aromatic heterocycles. The Kier molecular flexibility index (Phi) is 5.74. The van der Waals surface area contributed by atoms with Crippen molar-refractivity contribution in [2.45, 2.75) is 0 Å². The van der Waals surface area contributed by atoms with Gasteiger partial charge in [-0.15, -0.1) is 0 Å². The molecule has 56 heavy (non-hydrogen) atoms. The first kappa shape index (κ1) is 24.6.